The Bertz CT molecular complexity index is 1280. The Kier molecular flexibility index (Phi) is 5.57. The molecule has 5 heteroatoms. The van der Waals surface area contributed by atoms with Gasteiger partial charge in [0.2, 0.25) is 0 Å². The molecule has 1 aliphatic carbocycles. The van der Waals surface area contributed by atoms with Crippen LogP contribution in [0.5, 0.6) is 0 Å². The number of aryl methyl sites for hydroxylation is 3. The van der Waals surface area contributed by atoms with Crippen LogP contribution in [0, 0.1) is 0 Å². The first-order valence-electron chi connectivity index (χ1n) is 12.0. The molecule has 0 radical (unpaired) electrons. The molecule has 1 amide bonds. The van der Waals surface area contributed by atoms with Crippen LogP contribution in [0.25, 0.3) is 16.7 Å². The molecule has 33 heavy (non-hydrogen) atoms. The highest BCUT2D eigenvalue weighted by molar-refractivity contribution is 6.46. The fourth-order valence-corrected chi connectivity index (χ4v) is 5.39. The molecule has 0 spiro atoms. The largest absolute Gasteiger partial charge is 0.507 e. The predicted molar refractivity (Wildman–Crippen MR) is 130 cm³/mol. The molecular formula is C28H30N2O3. The van der Waals surface area contributed by atoms with E-state index in [1.807, 2.05) is 54.2 Å². The topological polar surface area (TPSA) is 62.5 Å². The van der Waals surface area contributed by atoms with Crippen LogP contribution in [-0.2, 0) is 29.5 Å². The zero-order valence-electron chi connectivity index (χ0n) is 19.3. The van der Waals surface area contributed by atoms with Gasteiger partial charge in [-0.25, -0.2) is 0 Å². The lowest BCUT2D eigenvalue weighted by atomic mass is 9.88. The van der Waals surface area contributed by atoms with Crippen molar-refractivity contribution < 1.29 is 14.7 Å². The molecule has 2 heterocycles. The molecule has 2 aliphatic rings. The lowest BCUT2D eigenvalue weighted by Crippen LogP contribution is -2.30. The van der Waals surface area contributed by atoms with Crippen molar-refractivity contribution in [3.63, 3.8) is 0 Å². The third-order valence-electron chi connectivity index (χ3n) is 7.14. The number of carbonyl (C=O) groups is 2. The van der Waals surface area contributed by atoms with E-state index < -0.39 is 17.7 Å². The quantitative estimate of drug-likeness (QED) is 0.332. The summed E-state index contributed by atoms with van der Waals surface area (Å²) in [5.74, 6) is -1.20. The zero-order valence-corrected chi connectivity index (χ0v) is 19.3. The minimum absolute atomic E-state index is 0.0707. The van der Waals surface area contributed by atoms with Gasteiger partial charge in [-0.05, 0) is 55.4 Å². The van der Waals surface area contributed by atoms with E-state index in [4.69, 9.17) is 0 Å². The Morgan fingerprint density at radius 3 is 2.61 bits per heavy atom. The monoisotopic (exact) mass is 442 g/mol. The van der Waals surface area contributed by atoms with Crippen LogP contribution < -0.4 is 0 Å². The average Bonchev–Trinajstić information content (AvgIpc) is 3.30. The van der Waals surface area contributed by atoms with E-state index in [-0.39, 0.29) is 11.3 Å². The van der Waals surface area contributed by atoms with Gasteiger partial charge >= 0.3 is 0 Å². The summed E-state index contributed by atoms with van der Waals surface area (Å²) in [6.07, 6.45) is 8.04. The number of unbranched alkanes of at least 4 members (excludes halogenated alkanes) is 1. The number of amides is 1. The normalized spacial score (nSPS) is 19.9. The van der Waals surface area contributed by atoms with Crippen LogP contribution in [-0.4, -0.2) is 32.8 Å². The Morgan fingerprint density at radius 2 is 1.82 bits per heavy atom. The molecular weight excluding hydrogens is 412 g/mol. The number of rotatable bonds is 5. The SMILES string of the molecule is CCCCN1C(=O)C(=O)/C(=C(/O)c2ccc3c(c2)CCCC3)C1c1cn(C)c2ccccc12. The summed E-state index contributed by atoms with van der Waals surface area (Å²) >= 11 is 0. The van der Waals surface area contributed by atoms with E-state index in [9.17, 15) is 14.7 Å². The standard InChI is InChI=1S/C28H30N2O3/c1-3-4-15-30-25(22-17-29(2)23-12-8-7-11-21(22)23)24(27(32)28(30)33)26(31)20-14-13-18-9-5-6-10-19(18)16-20/h7-8,11-14,16-17,25,31H,3-6,9-10,15H2,1-2H3/b26-24+. The Labute approximate surface area is 194 Å². The first-order chi connectivity index (χ1) is 16.0. The minimum Gasteiger partial charge on any atom is -0.507 e. The number of hydrogen-bond donors (Lipinski definition) is 1. The lowest BCUT2D eigenvalue weighted by Gasteiger charge is -2.25. The number of carbonyl (C=O) groups excluding carboxylic acids is 2. The van der Waals surface area contributed by atoms with E-state index >= 15 is 0 Å². The molecule has 3 aromatic rings. The van der Waals surface area contributed by atoms with Crippen molar-refractivity contribution in [3.05, 3.63) is 76.5 Å². The molecule has 1 aromatic heterocycles. The third-order valence-corrected chi connectivity index (χ3v) is 7.14. The van der Waals surface area contributed by atoms with E-state index in [1.54, 1.807) is 4.90 Å². The second kappa shape index (κ2) is 8.54. The van der Waals surface area contributed by atoms with E-state index in [1.165, 1.54) is 17.5 Å². The molecule has 1 fully saturated rings. The number of nitrogens with zero attached hydrogens (tertiary/aromatic N) is 2. The number of likely N-dealkylation sites (tertiary alicyclic amines) is 1. The summed E-state index contributed by atoms with van der Waals surface area (Å²) in [6.45, 7) is 2.55. The first-order valence-corrected chi connectivity index (χ1v) is 12.0. The van der Waals surface area contributed by atoms with E-state index in [2.05, 4.69) is 13.0 Å². The van der Waals surface area contributed by atoms with Crippen molar-refractivity contribution in [3.8, 4) is 0 Å². The molecule has 0 saturated carbocycles. The molecule has 1 unspecified atom stereocenters. The molecule has 2 aromatic carbocycles. The highest BCUT2D eigenvalue weighted by Crippen LogP contribution is 2.42. The number of benzene rings is 2. The Hall–Kier alpha value is -3.34. The maximum atomic E-state index is 13.3. The smallest absolute Gasteiger partial charge is 0.295 e. The van der Waals surface area contributed by atoms with Crippen LogP contribution in [0.3, 0.4) is 0 Å². The highest BCUT2D eigenvalue weighted by atomic mass is 16.3. The van der Waals surface area contributed by atoms with Gasteiger partial charge in [0.1, 0.15) is 5.76 Å². The van der Waals surface area contributed by atoms with Crippen molar-refractivity contribution in [2.24, 2.45) is 7.05 Å². The number of aromatic nitrogens is 1. The van der Waals surface area contributed by atoms with Crippen molar-refractivity contribution in [1.29, 1.82) is 0 Å². The molecule has 1 saturated heterocycles. The van der Waals surface area contributed by atoms with Gasteiger partial charge in [-0.1, -0.05) is 43.7 Å². The molecule has 170 valence electrons. The van der Waals surface area contributed by atoms with Gasteiger partial charge in [-0.15, -0.1) is 0 Å². The van der Waals surface area contributed by atoms with Gasteiger partial charge < -0.3 is 14.6 Å². The second-order valence-corrected chi connectivity index (χ2v) is 9.25. The summed E-state index contributed by atoms with van der Waals surface area (Å²) < 4.78 is 2.02. The number of fused-ring (bicyclic) bond motifs is 2. The van der Waals surface area contributed by atoms with Crippen molar-refractivity contribution in [2.75, 3.05) is 6.54 Å². The summed E-state index contributed by atoms with van der Waals surface area (Å²) in [7, 11) is 1.97. The third kappa shape index (κ3) is 3.56. The lowest BCUT2D eigenvalue weighted by molar-refractivity contribution is -0.139. The number of ketones is 1. The minimum atomic E-state index is -0.598. The van der Waals surface area contributed by atoms with Crippen LogP contribution in [0.4, 0.5) is 0 Å². The number of para-hydroxylation sites is 1. The summed E-state index contributed by atoms with van der Waals surface area (Å²) in [6, 6.07) is 13.3. The maximum Gasteiger partial charge on any atom is 0.295 e. The predicted octanol–water partition coefficient (Wildman–Crippen LogP) is 5.28. The van der Waals surface area contributed by atoms with Gasteiger partial charge in [0.25, 0.3) is 11.7 Å². The summed E-state index contributed by atoms with van der Waals surface area (Å²) in [5.41, 5.74) is 5.27. The zero-order chi connectivity index (χ0) is 23.1. The van der Waals surface area contributed by atoms with Gasteiger partial charge in [0.15, 0.2) is 0 Å². The van der Waals surface area contributed by atoms with Crippen LogP contribution in [0.15, 0.2) is 54.2 Å². The maximum absolute atomic E-state index is 13.3. The fourth-order valence-electron chi connectivity index (χ4n) is 5.39. The van der Waals surface area contributed by atoms with Crippen LogP contribution in [0.1, 0.15) is 60.9 Å². The first kappa shape index (κ1) is 21.5. The second-order valence-electron chi connectivity index (χ2n) is 9.25. The Balaban J connectivity index is 1.70. The van der Waals surface area contributed by atoms with Crippen molar-refractivity contribution in [2.45, 2.75) is 51.5 Å². The van der Waals surface area contributed by atoms with Gasteiger partial charge in [0.05, 0.1) is 11.6 Å². The number of hydrogen-bond acceptors (Lipinski definition) is 3. The van der Waals surface area contributed by atoms with Gasteiger partial charge in [-0.2, -0.15) is 0 Å². The van der Waals surface area contributed by atoms with Crippen molar-refractivity contribution >= 4 is 28.4 Å². The van der Waals surface area contributed by atoms with Crippen LogP contribution in [0.2, 0.25) is 0 Å². The molecule has 1 aliphatic heterocycles. The van der Waals surface area contributed by atoms with E-state index in [0.29, 0.717) is 12.1 Å². The van der Waals surface area contributed by atoms with Gasteiger partial charge in [0, 0.05) is 41.8 Å². The molecule has 5 rings (SSSR count). The molecule has 5 nitrogen and oxygen atoms in total. The Morgan fingerprint density at radius 1 is 1.06 bits per heavy atom. The summed E-state index contributed by atoms with van der Waals surface area (Å²) in [4.78, 5) is 28.1. The van der Waals surface area contributed by atoms with Crippen LogP contribution >= 0.6 is 0 Å². The number of aliphatic hydroxyl groups is 1. The fraction of sp³-hybridized carbons (Fsp3) is 0.357. The summed E-state index contributed by atoms with van der Waals surface area (Å²) in [5, 5.41) is 12.4. The molecule has 1 atom stereocenters. The molecule has 1 N–H and O–H groups in total. The van der Waals surface area contributed by atoms with Crippen molar-refractivity contribution in [1.82, 2.24) is 9.47 Å². The average molecular weight is 443 g/mol. The van der Waals surface area contributed by atoms with Gasteiger partial charge in [-0.3, -0.25) is 9.59 Å². The highest BCUT2D eigenvalue weighted by Gasteiger charge is 2.46. The molecule has 0 bridgehead atoms. The van der Waals surface area contributed by atoms with E-state index in [0.717, 1.165) is 48.6 Å². The number of aliphatic hydroxyl groups excluding tert-OH is 1. The number of Topliss-reactive ketones (excluding diaryl/α,β-unsaturated/α-hetero) is 1.